The summed E-state index contributed by atoms with van der Waals surface area (Å²) in [6, 6.07) is 24.3. The van der Waals surface area contributed by atoms with Crippen molar-refractivity contribution in [3.8, 4) is 0 Å². The highest BCUT2D eigenvalue weighted by Crippen LogP contribution is 2.36. The summed E-state index contributed by atoms with van der Waals surface area (Å²) >= 11 is 3.76. The van der Waals surface area contributed by atoms with Crippen LogP contribution in [0.1, 0.15) is 15.9 Å². The van der Waals surface area contributed by atoms with Crippen LogP contribution in [0.15, 0.2) is 83.3 Å². The van der Waals surface area contributed by atoms with Crippen LogP contribution in [0.2, 0.25) is 0 Å². The Kier molecular flexibility index (Phi) is 4.48. The summed E-state index contributed by atoms with van der Waals surface area (Å²) < 4.78 is 1.01. The highest BCUT2D eigenvalue weighted by atomic mass is 79.9. The minimum atomic E-state index is 0.0206. The molecule has 124 valence electrons. The van der Waals surface area contributed by atoms with Crippen molar-refractivity contribution in [2.45, 2.75) is 0 Å². The van der Waals surface area contributed by atoms with Crippen LogP contribution in [-0.2, 0) is 0 Å². The van der Waals surface area contributed by atoms with Crippen molar-refractivity contribution < 1.29 is 4.79 Å². The molecule has 26 heavy (non-hydrogen) atoms. The fourth-order valence-electron chi connectivity index (χ4n) is 3.39. The molecule has 4 aromatic rings. The maximum absolute atomic E-state index is 12.6. The van der Waals surface area contributed by atoms with E-state index in [-0.39, 0.29) is 5.78 Å². The number of fused-ring (bicyclic) bond motifs is 3. The number of carbonyl (C=O) groups excluding carboxylic acids is 1. The first-order valence-electron chi connectivity index (χ1n) is 8.54. The lowest BCUT2D eigenvalue weighted by molar-refractivity contribution is 0.104. The molecule has 0 aromatic heterocycles. The van der Waals surface area contributed by atoms with Gasteiger partial charge in [0.2, 0.25) is 0 Å². The van der Waals surface area contributed by atoms with Crippen LogP contribution in [0.3, 0.4) is 0 Å². The van der Waals surface area contributed by atoms with Gasteiger partial charge in [0.25, 0.3) is 0 Å². The zero-order chi connectivity index (χ0) is 18.1. The van der Waals surface area contributed by atoms with Crippen LogP contribution >= 0.6 is 15.9 Å². The lowest BCUT2D eigenvalue weighted by Gasteiger charge is -2.11. The second-order valence-corrected chi connectivity index (χ2v) is 7.12. The molecule has 0 aliphatic carbocycles. The highest BCUT2D eigenvalue weighted by molar-refractivity contribution is 9.10. The van der Waals surface area contributed by atoms with E-state index in [9.17, 15) is 4.79 Å². The van der Waals surface area contributed by atoms with E-state index in [0.717, 1.165) is 31.8 Å². The van der Waals surface area contributed by atoms with Crippen molar-refractivity contribution in [3.63, 3.8) is 0 Å². The van der Waals surface area contributed by atoms with E-state index in [4.69, 9.17) is 0 Å². The molecule has 0 bridgehead atoms. The van der Waals surface area contributed by atoms with Crippen LogP contribution in [0.4, 0.5) is 0 Å². The first-order valence-corrected chi connectivity index (χ1v) is 9.33. The minimum absolute atomic E-state index is 0.0206. The Morgan fingerprint density at radius 3 is 2.00 bits per heavy atom. The van der Waals surface area contributed by atoms with Gasteiger partial charge >= 0.3 is 0 Å². The first-order chi connectivity index (χ1) is 12.7. The van der Waals surface area contributed by atoms with E-state index >= 15 is 0 Å². The zero-order valence-electron chi connectivity index (χ0n) is 14.4. The van der Waals surface area contributed by atoms with Crippen LogP contribution in [0, 0.1) is 0 Å². The topological polar surface area (TPSA) is 17.1 Å². The van der Waals surface area contributed by atoms with E-state index in [2.05, 4.69) is 52.3 Å². The Labute approximate surface area is 161 Å². The Morgan fingerprint density at radius 2 is 1.31 bits per heavy atom. The molecule has 4 aromatic carbocycles. The Bertz CT molecular complexity index is 1180. The number of carbonyl (C=O) groups is 1. The first kappa shape index (κ1) is 16.8. The molecule has 0 N–H and O–H groups in total. The van der Waals surface area contributed by atoms with Crippen LogP contribution < -0.4 is 5.46 Å². The normalized spacial score (nSPS) is 11.4. The lowest BCUT2D eigenvalue weighted by atomic mass is 9.88. The summed E-state index contributed by atoms with van der Waals surface area (Å²) in [5.41, 5.74) is 2.76. The summed E-state index contributed by atoms with van der Waals surface area (Å²) in [5.74, 6) is 0.0206. The van der Waals surface area contributed by atoms with Crippen molar-refractivity contribution >= 4 is 62.6 Å². The van der Waals surface area contributed by atoms with Gasteiger partial charge in [-0.05, 0) is 55.2 Å². The van der Waals surface area contributed by atoms with Gasteiger partial charge in [-0.15, -0.1) is 0 Å². The third-order valence-corrected chi connectivity index (χ3v) is 5.57. The summed E-state index contributed by atoms with van der Waals surface area (Å²) in [6.45, 7) is 0. The van der Waals surface area contributed by atoms with E-state index in [1.165, 1.54) is 10.8 Å². The van der Waals surface area contributed by atoms with E-state index in [1.807, 2.05) is 50.3 Å². The molecule has 0 aliphatic heterocycles. The van der Waals surface area contributed by atoms with Crippen LogP contribution in [0.5, 0.6) is 0 Å². The number of ketones is 1. The van der Waals surface area contributed by atoms with E-state index < -0.39 is 0 Å². The van der Waals surface area contributed by atoms with Gasteiger partial charge in [0.05, 0.1) is 0 Å². The maximum Gasteiger partial charge on any atom is 0.185 e. The van der Waals surface area contributed by atoms with Crippen molar-refractivity contribution in [2.75, 3.05) is 0 Å². The molecule has 0 unspecified atom stereocenters. The van der Waals surface area contributed by atoms with Crippen LogP contribution in [0.25, 0.3) is 27.6 Å². The molecular weight excluding hydrogens is 383 g/mol. The Hall–Kier alpha value is -2.65. The average molecular weight is 399 g/mol. The highest BCUT2D eigenvalue weighted by Gasteiger charge is 2.11. The van der Waals surface area contributed by atoms with Crippen molar-refractivity contribution in [1.29, 1.82) is 0 Å². The minimum Gasteiger partial charge on any atom is -0.289 e. The summed E-state index contributed by atoms with van der Waals surface area (Å²) in [6.07, 6.45) is 3.59. The fraction of sp³-hybridized carbons (Fsp3) is 0. The van der Waals surface area contributed by atoms with E-state index in [0.29, 0.717) is 0 Å². The fourth-order valence-corrected chi connectivity index (χ4v) is 4.08. The molecular formula is C23H16BBrO. The van der Waals surface area contributed by atoms with Gasteiger partial charge in [-0.2, -0.15) is 0 Å². The summed E-state index contributed by atoms with van der Waals surface area (Å²) in [5, 5.41) is 4.67. The molecule has 0 atom stereocenters. The molecule has 0 spiro atoms. The van der Waals surface area contributed by atoms with Gasteiger partial charge in [0.1, 0.15) is 7.85 Å². The zero-order valence-corrected chi connectivity index (χ0v) is 16.0. The second-order valence-electron chi connectivity index (χ2n) is 6.33. The monoisotopic (exact) mass is 398 g/mol. The molecule has 3 heteroatoms. The second kappa shape index (κ2) is 6.93. The van der Waals surface area contributed by atoms with Crippen LogP contribution in [-0.4, -0.2) is 13.6 Å². The molecule has 0 saturated carbocycles. The maximum atomic E-state index is 12.6. The van der Waals surface area contributed by atoms with Gasteiger partial charge in [-0.1, -0.05) is 78.3 Å². The van der Waals surface area contributed by atoms with Crippen molar-refractivity contribution in [1.82, 2.24) is 0 Å². The Balaban J connectivity index is 1.89. The molecule has 0 saturated heterocycles. The smallest absolute Gasteiger partial charge is 0.185 e. The van der Waals surface area contributed by atoms with E-state index in [1.54, 1.807) is 6.08 Å². The average Bonchev–Trinajstić information content (AvgIpc) is 2.68. The molecule has 0 aliphatic rings. The predicted molar refractivity (Wildman–Crippen MR) is 117 cm³/mol. The number of hydrogen-bond acceptors (Lipinski definition) is 1. The van der Waals surface area contributed by atoms with Gasteiger partial charge in [-0.3, -0.25) is 4.79 Å². The molecule has 0 heterocycles. The molecule has 0 amide bonds. The van der Waals surface area contributed by atoms with Gasteiger partial charge in [0.15, 0.2) is 5.78 Å². The van der Waals surface area contributed by atoms with Gasteiger partial charge < -0.3 is 0 Å². The number of halogens is 1. The quantitative estimate of drug-likeness (QED) is 0.207. The number of hydrogen-bond donors (Lipinski definition) is 0. The lowest BCUT2D eigenvalue weighted by Crippen LogP contribution is -2.13. The van der Waals surface area contributed by atoms with Crippen molar-refractivity contribution in [3.05, 3.63) is 94.5 Å². The number of allylic oxidation sites excluding steroid dienone is 1. The predicted octanol–water partition coefficient (Wildman–Crippen LogP) is 4.91. The SMILES string of the molecule is Bc1ccccc1C(=O)/C=C/c1c(Br)c2ccccc2c2ccccc12. The summed E-state index contributed by atoms with van der Waals surface area (Å²) in [7, 11) is 1.96. The molecule has 4 rings (SSSR count). The third kappa shape index (κ3) is 2.89. The molecule has 0 radical (unpaired) electrons. The van der Waals surface area contributed by atoms with Crippen molar-refractivity contribution in [2.24, 2.45) is 0 Å². The van der Waals surface area contributed by atoms with Gasteiger partial charge in [0, 0.05) is 10.0 Å². The Morgan fingerprint density at radius 1 is 0.769 bits per heavy atom. The summed E-state index contributed by atoms with van der Waals surface area (Å²) in [4.78, 5) is 12.6. The number of benzene rings is 4. The molecule has 0 fully saturated rings. The number of rotatable bonds is 3. The molecule has 1 nitrogen and oxygen atoms in total. The standard InChI is InChI=1S/C23H16BBrO/c24-21-12-6-5-11-20(21)22(26)14-13-19-17-9-2-1-7-15(17)16-8-3-4-10-18(16)23(19)25/h1-14H,24H2/b14-13+. The van der Waals surface area contributed by atoms with Gasteiger partial charge in [-0.25, -0.2) is 0 Å². The largest absolute Gasteiger partial charge is 0.289 e. The third-order valence-electron chi connectivity index (χ3n) is 4.72.